The lowest BCUT2D eigenvalue weighted by atomic mass is 9.94. The normalized spacial score (nSPS) is 11.3. The third-order valence-electron chi connectivity index (χ3n) is 10.5. The molecule has 0 fully saturated rings. The van der Waals surface area contributed by atoms with Gasteiger partial charge in [-0.25, -0.2) is 0 Å². The maximum Gasteiger partial charge on any atom is 0.160 e. The third-order valence-corrected chi connectivity index (χ3v) is 10.5. The first-order valence-corrected chi connectivity index (χ1v) is 18.4. The molecule has 0 radical (unpaired) electrons. The van der Waals surface area contributed by atoms with Crippen molar-refractivity contribution < 1.29 is 4.42 Å². The van der Waals surface area contributed by atoms with Crippen LogP contribution in [0.25, 0.3) is 77.2 Å². The summed E-state index contributed by atoms with van der Waals surface area (Å²) in [5.74, 6) is 0. The van der Waals surface area contributed by atoms with E-state index in [2.05, 4.69) is 217 Å². The predicted octanol–water partition coefficient (Wildman–Crippen LogP) is 14.9. The average Bonchev–Trinajstić information content (AvgIpc) is 3.66. The number of anilines is 3. The summed E-state index contributed by atoms with van der Waals surface area (Å²) in [5, 5.41) is 4.46. The zero-order chi connectivity index (χ0) is 35.8. The van der Waals surface area contributed by atoms with Gasteiger partial charge in [0.15, 0.2) is 5.58 Å². The van der Waals surface area contributed by atoms with Crippen LogP contribution in [0.2, 0.25) is 0 Å². The van der Waals surface area contributed by atoms with Gasteiger partial charge in [0.1, 0.15) is 5.58 Å². The van der Waals surface area contributed by atoms with E-state index in [1.807, 2.05) is 0 Å². The molecule has 0 aliphatic rings. The Balaban J connectivity index is 1.21. The fraction of sp³-hybridized carbons (Fsp3) is 0. The summed E-state index contributed by atoms with van der Waals surface area (Å²) in [6.45, 7) is 0. The number of hydrogen-bond donors (Lipinski definition) is 0. The van der Waals surface area contributed by atoms with Crippen LogP contribution >= 0.6 is 0 Å². The van der Waals surface area contributed by atoms with E-state index in [0.29, 0.717) is 0 Å². The molecule has 10 rings (SSSR count). The van der Waals surface area contributed by atoms with Crippen LogP contribution in [0, 0.1) is 0 Å². The van der Waals surface area contributed by atoms with Crippen LogP contribution in [0.5, 0.6) is 0 Å². The van der Waals surface area contributed by atoms with E-state index < -0.39 is 0 Å². The van der Waals surface area contributed by atoms with Crippen LogP contribution in [0.1, 0.15) is 0 Å². The first kappa shape index (κ1) is 31.6. The Labute approximate surface area is 314 Å². The van der Waals surface area contributed by atoms with Gasteiger partial charge in [-0.15, -0.1) is 0 Å². The second-order valence-corrected chi connectivity index (χ2v) is 13.7. The molecule has 1 heterocycles. The van der Waals surface area contributed by atoms with Crippen LogP contribution in [0.3, 0.4) is 0 Å². The van der Waals surface area contributed by atoms with E-state index in [4.69, 9.17) is 4.42 Å². The van der Waals surface area contributed by atoms with Crippen molar-refractivity contribution in [3.05, 3.63) is 212 Å². The fourth-order valence-corrected chi connectivity index (χ4v) is 7.80. The topological polar surface area (TPSA) is 16.4 Å². The molecule has 0 saturated carbocycles. The number of nitrogens with zero attached hydrogens (tertiary/aromatic N) is 1. The predicted molar refractivity (Wildman–Crippen MR) is 228 cm³/mol. The highest BCUT2D eigenvalue weighted by Crippen LogP contribution is 2.47. The number of benzene rings is 9. The molecule has 10 aromatic rings. The minimum absolute atomic E-state index is 0.850. The van der Waals surface area contributed by atoms with Gasteiger partial charge in [-0.3, -0.25) is 0 Å². The summed E-state index contributed by atoms with van der Waals surface area (Å²) in [5.41, 5.74) is 14.2. The molecule has 0 saturated heterocycles. The van der Waals surface area contributed by atoms with E-state index in [1.165, 1.54) is 33.4 Å². The molecular weight excluding hydrogens is 655 g/mol. The second kappa shape index (κ2) is 13.4. The number of rotatable bonds is 7. The number of fused-ring (bicyclic) bond motifs is 5. The molecule has 2 heteroatoms. The summed E-state index contributed by atoms with van der Waals surface area (Å²) >= 11 is 0. The molecule has 0 N–H and O–H groups in total. The van der Waals surface area contributed by atoms with Crippen molar-refractivity contribution in [2.24, 2.45) is 0 Å². The highest BCUT2D eigenvalue weighted by molar-refractivity contribution is 6.22. The van der Waals surface area contributed by atoms with Gasteiger partial charge in [-0.1, -0.05) is 170 Å². The highest BCUT2D eigenvalue weighted by atomic mass is 16.3. The van der Waals surface area contributed by atoms with Crippen molar-refractivity contribution in [2.75, 3.05) is 4.90 Å². The van der Waals surface area contributed by atoms with Crippen molar-refractivity contribution in [1.29, 1.82) is 0 Å². The van der Waals surface area contributed by atoms with Crippen LogP contribution in [0.15, 0.2) is 217 Å². The minimum Gasteiger partial charge on any atom is -0.453 e. The standard InChI is InChI=1S/C52H35NO/c1-4-13-36(14-5-1)39-23-28-44(29-24-39)53(45-30-25-40(26-31-45)37-15-6-2-7-16-37)49-34-33-46(43-21-12-20-42(35-43)38-17-8-3-9-18-38)50-48-32-27-41-19-10-11-22-47(41)51(48)54-52(49)50/h1-35H. The lowest BCUT2D eigenvalue weighted by Crippen LogP contribution is -2.10. The molecule has 0 atom stereocenters. The molecule has 54 heavy (non-hydrogen) atoms. The van der Waals surface area contributed by atoms with Crippen molar-refractivity contribution in [2.45, 2.75) is 0 Å². The molecule has 9 aromatic carbocycles. The van der Waals surface area contributed by atoms with E-state index >= 15 is 0 Å². The Hall–Kier alpha value is -7.16. The van der Waals surface area contributed by atoms with Crippen molar-refractivity contribution in [3.8, 4) is 44.5 Å². The Kier molecular flexibility index (Phi) is 7.85. The second-order valence-electron chi connectivity index (χ2n) is 13.7. The van der Waals surface area contributed by atoms with E-state index in [9.17, 15) is 0 Å². The molecule has 2 nitrogen and oxygen atoms in total. The van der Waals surface area contributed by atoms with Crippen molar-refractivity contribution in [1.82, 2.24) is 0 Å². The van der Waals surface area contributed by atoms with Gasteiger partial charge in [0.2, 0.25) is 0 Å². The van der Waals surface area contributed by atoms with Gasteiger partial charge < -0.3 is 9.32 Å². The maximum absolute atomic E-state index is 7.14. The molecular formula is C52H35NO. The summed E-state index contributed by atoms with van der Waals surface area (Å²) in [7, 11) is 0. The van der Waals surface area contributed by atoms with Crippen molar-refractivity contribution in [3.63, 3.8) is 0 Å². The fourth-order valence-electron chi connectivity index (χ4n) is 7.80. The van der Waals surface area contributed by atoms with Gasteiger partial charge in [0.05, 0.1) is 5.69 Å². The van der Waals surface area contributed by atoms with E-state index in [1.54, 1.807) is 0 Å². The minimum atomic E-state index is 0.850. The molecule has 0 spiro atoms. The van der Waals surface area contributed by atoms with Crippen LogP contribution < -0.4 is 4.90 Å². The Morgan fingerprint density at radius 1 is 0.315 bits per heavy atom. The van der Waals surface area contributed by atoms with Gasteiger partial charge in [0, 0.05) is 27.5 Å². The highest BCUT2D eigenvalue weighted by Gasteiger charge is 2.23. The van der Waals surface area contributed by atoms with Gasteiger partial charge >= 0.3 is 0 Å². The molecule has 0 aliphatic carbocycles. The van der Waals surface area contributed by atoms with Gasteiger partial charge in [-0.05, 0) is 92.4 Å². The average molecular weight is 690 g/mol. The first-order valence-electron chi connectivity index (χ1n) is 18.4. The zero-order valence-corrected chi connectivity index (χ0v) is 29.6. The molecule has 1 aromatic heterocycles. The zero-order valence-electron chi connectivity index (χ0n) is 29.6. The monoisotopic (exact) mass is 689 g/mol. The summed E-state index contributed by atoms with van der Waals surface area (Å²) in [6, 6.07) is 75.7. The summed E-state index contributed by atoms with van der Waals surface area (Å²) < 4.78 is 7.14. The first-order chi connectivity index (χ1) is 26.8. The lowest BCUT2D eigenvalue weighted by Gasteiger charge is -2.26. The quantitative estimate of drug-likeness (QED) is 0.166. The summed E-state index contributed by atoms with van der Waals surface area (Å²) in [4.78, 5) is 2.33. The van der Waals surface area contributed by atoms with E-state index in [0.717, 1.165) is 60.9 Å². The molecule has 0 unspecified atom stereocenters. The Bertz CT molecular complexity index is 2810. The largest absolute Gasteiger partial charge is 0.453 e. The smallest absolute Gasteiger partial charge is 0.160 e. The number of hydrogen-bond acceptors (Lipinski definition) is 2. The Morgan fingerprint density at radius 3 is 1.43 bits per heavy atom. The van der Waals surface area contributed by atoms with Crippen molar-refractivity contribution >= 4 is 49.8 Å². The molecule has 254 valence electrons. The Morgan fingerprint density at radius 2 is 0.815 bits per heavy atom. The van der Waals surface area contributed by atoms with Gasteiger partial charge in [0.25, 0.3) is 0 Å². The van der Waals surface area contributed by atoms with Crippen LogP contribution in [-0.2, 0) is 0 Å². The summed E-state index contributed by atoms with van der Waals surface area (Å²) in [6.07, 6.45) is 0. The maximum atomic E-state index is 7.14. The SMILES string of the molecule is c1ccc(-c2ccc(N(c3ccc(-c4ccccc4)cc3)c3ccc(-c4cccc(-c5ccccc5)c4)c4c3oc3c5ccccc5ccc34)cc2)cc1. The lowest BCUT2D eigenvalue weighted by molar-refractivity contribution is 0.673. The molecule has 0 amide bonds. The van der Waals surface area contributed by atoms with Crippen LogP contribution in [-0.4, -0.2) is 0 Å². The van der Waals surface area contributed by atoms with Gasteiger partial charge in [-0.2, -0.15) is 0 Å². The number of furan rings is 1. The van der Waals surface area contributed by atoms with Crippen LogP contribution in [0.4, 0.5) is 17.1 Å². The van der Waals surface area contributed by atoms with E-state index in [-0.39, 0.29) is 0 Å². The third kappa shape index (κ3) is 5.62. The molecule has 0 bridgehead atoms. The molecule has 0 aliphatic heterocycles.